The Bertz CT molecular complexity index is 593. The van der Waals surface area contributed by atoms with Gasteiger partial charge in [-0.3, -0.25) is 0 Å². The van der Waals surface area contributed by atoms with Gasteiger partial charge in [0.15, 0.2) is 0 Å². The van der Waals surface area contributed by atoms with Crippen LogP contribution < -0.4 is 0 Å². The van der Waals surface area contributed by atoms with Crippen molar-refractivity contribution in [2.24, 2.45) is 0 Å². The average molecular weight is 333 g/mol. The summed E-state index contributed by atoms with van der Waals surface area (Å²) in [6.45, 7) is 5.52. The molecule has 3 nitrogen and oxygen atoms in total. The number of benzene rings is 1. The summed E-state index contributed by atoms with van der Waals surface area (Å²) in [5.74, 6) is -1.28. The molecule has 7 heteroatoms. The molecule has 0 radical (unpaired) electrons. The molecule has 0 spiro atoms. The van der Waals surface area contributed by atoms with Gasteiger partial charge in [-0.15, -0.1) is 0 Å². The van der Waals surface area contributed by atoms with Gasteiger partial charge in [0.25, 0.3) is 0 Å². The SMILES string of the molecule is CC(C)(C)OC(=O)N1CCC(c2cc(F)ccc2C(F)(F)F)C1. The molecule has 1 aromatic carbocycles. The second-order valence-electron chi connectivity index (χ2n) is 6.64. The van der Waals surface area contributed by atoms with Crippen molar-refractivity contribution in [3.8, 4) is 0 Å². The minimum absolute atomic E-state index is 0.0848. The molecule has 1 unspecified atom stereocenters. The van der Waals surface area contributed by atoms with Gasteiger partial charge in [-0.2, -0.15) is 13.2 Å². The van der Waals surface area contributed by atoms with Crippen molar-refractivity contribution in [3.63, 3.8) is 0 Å². The van der Waals surface area contributed by atoms with E-state index in [9.17, 15) is 22.4 Å². The van der Waals surface area contributed by atoms with Crippen LogP contribution in [0.1, 0.15) is 44.2 Å². The minimum atomic E-state index is -4.55. The number of carbonyl (C=O) groups is 1. The first-order valence-corrected chi connectivity index (χ1v) is 7.32. The molecule has 0 aliphatic carbocycles. The summed E-state index contributed by atoms with van der Waals surface area (Å²) in [5.41, 5.74) is -1.64. The maximum atomic E-state index is 13.4. The molecule has 0 aromatic heterocycles. The zero-order valence-electron chi connectivity index (χ0n) is 13.2. The van der Waals surface area contributed by atoms with Crippen LogP contribution in [0.4, 0.5) is 22.4 Å². The van der Waals surface area contributed by atoms with Crippen molar-refractivity contribution < 1.29 is 27.1 Å². The predicted octanol–water partition coefficient (Wildman–Crippen LogP) is 4.57. The molecule has 0 bridgehead atoms. The van der Waals surface area contributed by atoms with Crippen molar-refractivity contribution in [2.75, 3.05) is 13.1 Å². The monoisotopic (exact) mass is 333 g/mol. The van der Waals surface area contributed by atoms with E-state index in [1.54, 1.807) is 20.8 Å². The summed E-state index contributed by atoms with van der Waals surface area (Å²) < 4.78 is 57.9. The number of hydrogen-bond donors (Lipinski definition) is 0. The van der Waals surface area contributed by atoms with E-state index in [4.69, 9.17) is 4.74 Å². The molecule has 1 heterocycles. The highest BCUT2D eigenvalue weighted by atomic mass is 19.4. The lowest BCUT2D eigenvalue weighted by atomic mass is 9.93. The van der Waals surface area contributed by atoms with Crippen LogP contribution >= 0.6 is 0 Å². The van der Waals surface area contributed by atoms with Crippen molar-refractivity contribution in [2.45, 2.75) is 44.9 Å². The molecule has 128 valence electrons. The van der Waals surface area contributed by atoms with Crippen LogP contribution in [0.5, 0.6) is 0 Å². The highest BCUT2D eigenvalue weighted by Crippen LogP contribution is 2.38. The number of alkyl halides is 3. The van der Waals surface area contributed by atoms with E-state index in [1.807, 2.05) is 0 Å². The highest BCUT2D eigenvalue weighted by Gasteiger charge is 2.38. The molecular weight excluding hydrogens is 314 g/mol. The Kier molecular flexibility index (Phi) is 4.59. The third-order valence-electron chi connectivity index (χ3n) is 3.60. The number of halogens is 4. The highest BCUT2D eigenvalue weighted by molar-refractivity contribution is 5.68. The Morgan fingerprint density at radius 1 is 1.26 bits per heavy atom. The molecule has 1 aliphatic heterocycles. The lowest BCUT2D eigenvalue weighted by Gasteiger charge is -2.24. The van der Waals surface area contributed by atoms with E-state index in [0.29, 0.717) is 6.42 Å². The molecule has 23 heavy (non-hydrogen) atoms. The van der Waals surface area contributed by atoms with Gasteiger partial charge >= 0.3 is 12.3 Å². The molecule has 0 N–H and O–H groups in total. The largest absolute Gasteiger partial charge is 0.444 e. The Morgan fingerprint density at radius 3 is 2.48 bits per heavy atom. The van der Waals surface area contributed by atoms with Gasteiger partial charge in [0, 0.05) is 19.0 Å². The first-order valence-electron chi connectivity index (χ1n) is 7.32. The maximum absolute atomic E-state index is 13.4. The van der Waals surface area contributed by atoms with E-state index in [0.717, 1.165) is 18.2 Å². The number of amides is 1. The van der Waals surface area contributed by atoms with Gasteiger partial charge in [-0.25, -0.2) is 9.18 Å². The molecule has 1 amide bonds. The van der Waals surface area contributed by atoms with Crippen LogP contribution in [0.15, 0.2) is 18.2 Å². The molecule has 1 fully saturated rings. The van der Waals surface area contributed by atoms with Gasteiger partial charge in [0.1, 0.15) is 11.4 Å². The second-order valence-corrected chi connectivity index (χ2v) is 6.64. The van der Waals surface area contributed by atoms with Crippen molar-refractivity contribution in [3.05, 3.63) is 35.1 Å². The number of rotatable bonds is 1. The summed E-state index contributed by atoms with van der Waals surface area (Å²) in [6, 6.07) is 2.46. The first-order chi connectivity index (χ1) is 10.5. The molecule has 1 saturated heterocycles. The second kappa shape index (κ2) is 6.02. The molecule has 0 saturated carbocycles. The minimum Gasteiger partial charge on any atom is -0.444 e. The fourth-order valence-corrected chi connectivity index (χ4v) is 2.64. The predicted molar refractivity (Wildman–Crippen MR) is 76.6 cm³/mol. The van der Waals surface area contributed by atoms with Crippen LogP contribution in [0, 0.1) is 5.82 Å². The van der Waals surface area contributed by atoms with Crippen molar-refractivity contribution in [1.82, 2.24) is 4.90 Å². The van der Waals surface area contributed by atoms with Crippen LogP contribution in [-0.4, -0.2) is 29.7 Å². The molecule has 1 atom stereocenters. The number of likely N-dealkylation sites (tertiary alicyclic amines) is 1. The number of nitrogens with zero attached hydrogens (tertiary/aromatic N) is 1. The average Bonchev–Trinajstić information content (AvgIpc) is 2.84. The Hall–Kier alpha value is -1.79. The summed E-state index contributed by atoms with van der Waals surface area (Å²) in [7, 11) is 0. The van der Waals surface area contributed by atoms with Gasteiger partial charge in [-0.05, 0) is 51.0 Å². The van der Waals surface area contributed by atoms with Crippen molar-refractivity contribution >= 4 is 6.09 Å². The summed E-state index contributed by atoms with van der Waals surface area (Å²) >= 11 is 0. The van der Waals surface area contributed by atoms with E-state index in [1.165, 1.54) is 4.90 Å². The summed E-state index contributed by atoms with van der Waals surface area (Å²) in [4.78, 5) is 13.4. The molecule has 2 rings (SSSR count). The van der Waals surface area contributed by atoms with E-state index in [-0.39, 0.29) is 18.7 Å². The number of carbonyl (C=O) groups excluding carboxylic acids is 1. The zero-order chi connectivity index (χ0) is 17.4. The van der Waals surface area contributed by atoms with E-state index >= 15 is 0 Å². The van der Waals surface area contributed by atoms with Gasteiger partial charge in [0.05, 0.1) is 5.56 Å². The lowest BCUT2D eigenvalue weighted by Crippen LogP contribution is -2.35. The van der Waals surface area contributed by atoms with Gasteiger partial charge < -0.3 is 9.64 Å². The molecular formula is C16H19F4NO2. The number of ether oxygens (including phenoxy) is 1. The fourth-order valence-electron chi connectivity index (χ4n) is 2.64. The number of hydrogen-bond acceptors (Lipinski definition) is 2. The van der Waals surface area contributed by atoms with E-state index < -0.39 is 35.2 Å². The quantitative estimate of drug-likeness (QED) is 0.705. The maximum Gasteiger partial charge on any atom is 0.416 e. The standard InChI is InChI=1S/C16H19F4NO2/c1-15(2,3)23-14(22)21-7-6-10(9-21)12-8-11(17)4-5-13(12)16(18,19)20/h4-5,8,10H,6-7,9H2,1-3H3. The first kappa shape index (κ1) is 17.6. The Balaban J connectivity index is 2.19. The third-order valence-corrected chi connectivity index (χ3v) is 3.60. The van der Waals surface area contributed by atoms with Crippen LogP contribution in [0.2, 0.25) is 0 Å². The topological polar surface area (TPSA) is 29.5 Å². The zero-order valence-corrected chi connectivity index (χ0v) is 13.2. The van der Waals surface area contributed by atoms with Crippen LogP contribution in [0.25, 0.3) is 0 Å². The van der Waals surface area contributed by atoms with Crippen LogP contribution in [0.3, 0.4) is 0 Å². The van der Waals surface area contributed by atoms with Crippen LogP contribution in [-0.2, 0) is 10.9 Å². The lowest BCUT2D eigenvalue weighted by molar-refractivity contribution is -0.138. The normalized spacial score (nSPS) is 19.1. The van der Waals surface area contributed by atoms with Gasteiger partial charge in [0.2, 0.25) is 0 Å². The van der Waals surface area contributed by atoms with Gasteiger partial charge in [-0.1, -0.05) is 0 Å². The molecule has 1 aliphatic rings. The fraction of sp³-hybridized carbons (Fsp3) is 0.562. The Morgan fingerprint density at radius 2 is 1.91 bits per heavy atom. The summed E-state index contributed by atoms with van der Waals surface area (Å²) in [5, 5.41) is 0. The smallest absolute Gasteiger partial charge is 0.416 e. The van der Waals surface area contributed by atoms with E-state index in [2.05, 4.69) is 0 Å². The van der Waals surface area contributed by atoms with Crippen molar-refractivity contribution in [1.29, 1.82) is 0 Å². The molecule has 1 aromatic rings. The summed E-state index contributed by atoms with van der Waals surface area (Å²) in [6.07, 6.45) is -4.78. The third kappa shape index (κ3) is 4.36. The Labute approximate surface area is 132 Å².